The van der Waals surface area contributed by atoms with Crippen molar-refractivity contribution in [2.24, 2.45) is 0 Å². The van der Waals surface area contributed by atoms with Crippen LogP contribution in [-0.2, 0) is 0 Å². The zero-order chi connectivity index (χ0) is 10.4. The standard InChI is InChI=1S/C10H9N3O2/c14-10(15)13-7-6-12-5-4-11-3-1-2-8(13)9(11)12/h1-2,4-7H,3H2,(H,14,15). The topological polar surface area (TPSA) is 47.0 Å². The van der Waals surface area contributed by atoms with E-state index in [0.29, 0.717) is 5.70 Å². The average molecular weight is 203 g/mol. The lowest BCUT2D eigenvalue weighted by Crippen LogP contribution is -2.35. The molecular formula is C10H9N3O2. The lowest BCUT2D eigenvalue weighted by atomic mass is 10.2. The summed E-state index contributed by atoms with van der Waals surface area (Å²) in [6.07, 6.45) is 9.96. The normalized spacial score (nSPS) is 21.5. The van der Waals surface area contributed by atoms with E-state index in [-0.39, 0.29) is 0 Å². The maximum Gasteiger partial charge on any atom is 0.416 e. The fraction of sp³-hybridized carbons (Fsp3) is 0.100. The number of carboxylic acid groups (broad SMARTS) is 1. The van der Waals surface area contributed by atoms with Crippen molar-refractivity contribution < 1.29 is 9.90 Å². The van der Waals surface area contributed by atoms with E-state index in [1.165, 1.54) is 4.90 Å². The van der Waals surface area contributed by atoms with Crippen LogP contribution in [0.2, 0.25) is 0 Å². The summed E-state index contributed by atoms with van der Waals surface area (Å²) in [6.45, 7) is 0.785. The number of allylic oxidation sites excluding steroid dienone is 1. The van der Waals surface area contributed by atoms with Crippen molar-refractivity contribution >= 4 is 6.09 Å². The molecule has 0 unspecified atom stereocenters. The summed E-state index contributed by atoms with van der Waals surface area (Å²) in [5.41, 5.74) is 0.696. The van der Waals surface area contributed by atoms with Crippen LogP contribution in [0.25, 0.3) is 0 Å². The van der Waals surface area contributed by atoms with Crippen molar-refractivity contribution in [1.29, 1.82) is 0 Å². The second-order valence-electron chi connectivity index (χ2n) is 3.42. The Morgan fingerprint density at radius 3 is 2.87 bits per heavy atom. The average Bonchev–Trinajstić information content (AvgIpc) is 2.64. The van der Waals surface area contributed by atoms with E-state index in [0.717, 1.165) is 12.4 Å². The van der Waals surface area contributed by atoms with Crippen molar-refractivity contribution in [2.75, 3.05) is 6.54 Å². The van der Waals surface area contributed by atoms with Gasteiger partial charge in [-0.05, 0) is 6.08 Å². The van der Waals surface area contributed by atoms with E-state index in [1.807, 2.05) is 34.4 Å². The Hall–Kier alpha value is -2.17. The Kier molecular flexibility index (Phi) is 1.45. The lowest BCUT2D eigenvalue weighted by molar-refractivity contribution is 0.169. The van der Waals surface area contributed by atoms with E-state index in [4.69, 9.17) is 5.11 Å². The second-order valence-corrected chi connectivity index (χ2v) is 3.42. The molecule has 76 valence electrons. The monoisotopic (exact) mass is 203 g/mol. The van der Waals surface area contributed by atoms with Gasteiger partial charge in [0.15, 0.2) is 0 Å². The fourth-order valence-electron chi connectivity index (χ4n) is 1.91. The lowest BCUT2D eigenvalue weighted by Gasteiger charge is -2.33. The molecule has 1 N–H and O–H groups in total. The van der Waals surface area contributed by atoms with Gasteiger partial charge in [0.25, 0.3) is 0 Å². The molecule has 5 heteroatoms. The van der Waals surface area contributed by atoms with Crippen LogP contribution < -0.4 is 0 Å². The molecule has 15 heavy (non-hydrogen) atoms. The predicted octanol–water partition coefficient (Wildman–Crippen LogP) is 1.28. The van der Waals surface area contributed by atoms with Gasteiger partial charge in [0.2, 0.25) is 0 Å². The summed E-state index contributed by atoms with van der Waals surface area (Å²) in [7, 11) is 0. The second kappa shape index (κ2) is 2.66. The first-order valence-corrected chi connectivity index (χ1v) is 4.62. The highest BCUT2D eigenvalue weighted by molar-refractivity contribution is 5.71. The molecule has 0 aliphatic carbocycles. The van der Waals surface area contributed by atoms with Gasteiger partial charge in [-0.3, -0.25) is 0 Å². The highest BCUT2D eigenvalue weighted by Crippen LogP contribution is 2.32. The minimum absolute atomic E-state index is 0.696. The highest BCUT2D eigenvalue weighted by Gasteiger charge is 2.30. The van der Waals surface area contributed by atoms with Crippen LogP contribution in [0, 0.1) is 0 Å². The number of hydrogen-bond donors (Lipinski definition) is 1. The molecule has 5 nitrogen and oxygen atoms in total. The zero-order valence-electron chi connectivity index (χ0n) is 7.87. The number of nitrogens with zero attached hydrogens (tertiary/aromatic N) is 3. The van der Waals surface area contributed by atoms with Gasteiger partial charge in [0, 0.05) is 31.3 Å². The molecule has 0 radical (unpaired) electrons. The van der Waals surface area contributed by atoms with Crippen LogP contribution in [0.5, 0.6) is 0 Å². The minimum Gasteiger partial charge on any atom is -0.464 e. The summed E-state index contributed by atoms with van der Waals surface area (Å²) >= 11 is 0. The fourth-order valence-corrected chi connectivity index (χ4v) is 1.91. The Morgan fingerprint density at radius 2 is 2.07 bits per heavy atom. The number of hydrogen-bond acceptors (Lipinski definition) is 3. The van der Waals surface area contributed by atoms with Gasteiger partial charge in [-0.25, -0.2) is 9.69 Å². The summed E-state index contributed by atoms with van der Waals surface area (Å²) < 4.78 is 0. The molecule has 0 aromatic carbocycles. The van der Waals surface area contributed by atoms with E-state index in [1.54, 1.807) is 12.4 Å². The van der Waals surface area contributed by atoms with Gasteiger partial charge < -0.3 is 14.9 Å². The van der Waals surface area contributed by atoms with E-state index in [2.05, 4.69) is 0 Å². The summed E-state index contributed by atoms with van der Waals surface area (Å²) in [5, 5.41) is 9.02. The van der Waals surface area contributed by atoms with E-state index >= 15 is 0 Å². The van der Waals surface area contributed by atoms with Gasteiger partial charge >= 0.3 is 6.09 Å². The maximum atomic E-state index is 11.0. The SMILES string of the molecule is O=C(O)N1C=CN2C=CN3CC=CC1=C23. The minimum atomic E-state index is -0.966. The van der Waals surface area contributed by atoms with Crippen molar-refractivity contribution in [3.05, 3.63) is 48.5 Å². The van der Waals surface area contributed by atoms with Crippen LogP contribution in [0.15, 0.2) is 48.5 Å². The van der Waals surface area contributed by atoms with Gasteiger partial charge in [-0.15, -0.1) is 0 Å². The molecule has 0 fully saturated rings. The third-order valence-corrected chi connectivity index (χ3v) is 2.57. The molecule has 0 bridgehead atoms. The molecule has 3 aliphatic rings. The van der Waals surface area contributed by atoms with Gasteiger partial charge in [-0.2, -0.15) is 0 Å². The Labute approximate surface area is 86.5 Å². The number of rotatable bonds is 0. The molecule has 3 aliphatic heterocycles. The Bertz CT molecular complexity index is 448. The van der Waals surface area contributed by atoms with E-state index in [9.17, 15) is 4.79 Å². The number of carbonyl (C=O) groups is 1. The first-order chi connectivity index (χ1) is 7.27. The van der Waals surface area contributed by atoms with Gasteiger partial charge in [-0.1, -0.05) is 6.08 Å². The molecule has 3 rings (SSSR count). The molecule has 0 aromatic rings. The smallest absolute Gasteiger partial charge is 0.416 e. The third-order valence-electron chi connectivity index (χ3n) is 2.57. The van der Waals surface area contributed by atoms with Gasteiger partial charge in [0.05, 0.1) is 5.70 Å². The summed E-state index contributed by atoms with van der Waals surface area (Å²) in [4.78, 5) is 16.1. The quantitative estimate of drug-likeness (QED) is 0.644. The first kappa shape index (κ1) is 8.16. The largest absolute Gasteiger partial charge is 0.464 e. The Balaban J connectivity index is 2.11. The molecule has 0 saturated carbocycles. The van der Waals surface area contributed by atoms with Crippen LogP contribution in [0.4, 0.5) is 4.79 Å². The van der Waals surface area contributed by atoms with Crippen LogP contribution in [0.3, 0.4) is 0 Å². The van der Waals surface area contributed by atoms with Crippen LogP contribution in [0.1, 0.15) is 0 Å². The van der Waals surface area contributed by atoms with Crippen LogP contribution >= 0.6 is 0 Å². The predicted molar refractivity (Wildman–Crippen MR) is 52.9 cm³/mol. The van der Waals surface area contributed by atoms with Crippen LogP contribution in [-0.4, -0.2) is 32.4 Å². The Morgan fingerprint density at radius 1 is 1.27 bits per heavy atom. The van der Waals surface area contributed by atoms with Crippen molar-refractivity contribution in [3.63, 3.8) is 0 Å². The molecule has 3 heterocycles. The first-order valence-electron chi connectivity index (χ1n) is 4.62. The van der Waals surface area contributed by atoms with Gasteiger partial charge in [0.1, 0.15) is 5.82 Å². The van der Waals surface area contributed by atoms with Crippen molar-refractivity contribution in [1.82, 2.24) is 14.7 Å². The highest BCUT2D eigenvalue weighted by atomic mass is 16.4. The van der Waals surface area contributed by atoms with Crippen molar-refractivity contribution in [3.8, 4) is 0 Å². The van der Waals surface area contributed by atoms with Crippen molar-refractivity contribution in [2.45, 2.75) is 0 Å². The molecule has 1 amide bonds. The molecule has 0 spiro atoms. The molecule has 0 atom stereocenters. The summed E-state index contributed by atoms with van der Waals surface area (Å²) in [6, 6.07) is 0. The molecule has 0 saturated heterocycles. The maximum absolute atomic E-state index is 11.0. The molecule has 0 aromatic heterocycles. The van der Waals surface area contributed by atoms with E-state index < -0.39 is 6.09 Å². The number of amides is 1. The molecular weight excluding hydrogens is 194 g/mol. The third kappa shape index (κ3) is 0.999. The zero-order valence-corrected chi connectivity index (χ0v) is 7.87. The summed E-state index contributed by atoms with van der Waals surface area (Å²) in [5.74, 6) is 0.905.